The van der Waals surface area contributed by atoms with Crippen molar-refractivity contribution >= 4 is 5.82 Å². The molecular formula is C15H22N2O. The maximum absolute atomic E-state index is 5.60. The van der Waals surface area contributed by atoms with Gasteiger partial charge in [-0.3, -0.25) is 0 Å². The maximum atomic E-state index is 5.60. The van der Waals surface area contributed by atoms with Gasteiger partial charge in [-0.2, -0.15) is 0 Å². The summed E-state index contributed by atoms with van der Waals surface area (Å²) >= 11 is 0. The van der Waals surface area contributed by atoms with E-state index in [1.165, 1.54) is 25.7 Å². The van der Waals surface area contributed by atoms with Gasteiger partial charge in [-0.1, -0.05) is 0 Å². The average molecular weight is 246 g/mol. The van der Waals surface area contributed by atoms with Gasteiger partial charge in [0.1, 0.15) is 0 Å². The van der Waals surface area contributed by atoms with Crippen molar-refractivity contribution in [3.8, 4) is 5.75 Å². The first kappa shape index (κ1) is 11.8. The van der Waals surface area contributed by atoms with Crippen LogP contribution in [0.1, 0.15) is 32.6 Å². The minimum Gasteiger partial charge on any atom is -0.490 e. The molecule has 18 heavy (non-hydrogen) atoms. The molecule has 0 bridgehead atoms. The van der Waals surface area contributed by atoms with Crippen molar-refractivity contribution in [2.24, 2.45) is 17.8 Å². The van der Waals surface area contributed by atoms with Crippen molar-refractivity contribution in [2.45, 2.75) is 32.6 Å². The van der Waals surface area contributed by atoms with Crippen LogP contribution < -0.4 is 10.1 Å². The van der Waals surface area contributed by atoms with E-state index < -0.39 is 0 Å². The van der Waals surface area contributed by atoms with Crippen molar-refractivity contribution in [2.75, 3.05) is 18.5 Å². The van der Waals surface area contributed by atoms with Crippen LogP contribution in [-0.2, 0) is 0 Å². The van der Waals surface area contributed by atoms with Crippen LogP contribution in [0.5, 0.6) is 5.75 Å². The summed E-state index contributed by atoms with van der Waals surface area (Å²) in [4.78, 5) is 4.39. The highest BCUT2D eigenvalue weighted by Gasteiger charge is 2.41. The van der Waals surface area contributed by atoms with Crippen LogP contribution in [0, 0.1) is 17.8 Å². The van der Waals surface area contributed by atoms with Gasteiger partial charge in [-0.05, 0) is 62.5 Å². The van der Waals surface area contributed by atoms with Gasteiger partial charge >= 0.3 is 0 Å². The summed E-state index contributed by atoms with van der Waals surface area (Å²) in [5.74, 6) is 4.60. The number of nitrogens with one attached hydrogen (secondary N) is 1. The lowest BCUT2D eigenvalue weighted by Gasteiger charge is -2.18. The summed E-state index contributed by atoms with van der Waals surface area (Å²) in [6, 6.07) is 3.91. The number of anilines is 1. The van der Waals surface area contributed by atoms with Crippen molar-refractivity contribution in [1.82, 2.24) is 4.98 Å². The predicted molar refractivity (Wildman–Crippen MR) is 72.8 cm³/mol. The topological polar surface area (TPSA) is 34.1 Å². The minimum atomic E-state index is 0.690. The molecule has 1 aromatic rings. The quantitative estimate of drug-likeness (QED) is 0.801. The van der Waals surface area contributed by atoms with E-state index in [1.807, 2.05) is 25.3 Å². The fourth-order valence-electron chi connectivity index (χ4n) is 2.78. The minimum absolute atomic E-state index is 0.690. The number of hydrogen-bond donors (Lipinski definition) is 1. The highest BCUT2D eigenvalue weighted by atomic mass is 16.5. The van der Waals surface area contributed by atoms with Gasteiger partial charge in [-0.25, -0.2) is 4.98 Å². The Balaban J connectivity index is 1.61. The normalized spacial score (nSPS) is 19.0. The molecule has 2 fully saturated rings. The van der Waals surface area contributed by atoms with Gasteiger partial charge in [-0.15, -0.1) is 0 Å². The molecule has 0 saturated heterocycles. The number of aromatic nitrogens is 1. The Morgan fingerprint density at radius 3 is 2.67 bits per heavy atom. The van der Waals surface area contributed by atoms with Crippen LogP contribution >= 0.6 is 0 Å². The Kier molecular flexibility index (Phi) is 3.39. The van der Waals surface area contributed by atoms with Crippen LogP contribution in [0.3, 0.4) is 0 Å². The fourth-order valence-corrected chi connectivity index (χ4v) is 2.78. The summed E-state index contributed by atoms with van der Waals surface area (Å²) in [5, 5.41) is 3.50. The molecule has 0 unspecified atom stereocenters. The van der Waals surface area contributed by atoms with Gasteiger partial charge in [0.05, 0.1) is 6.61 Å². The molecule has 0 aromatic carbocycles. The molecule has 1 heterocycles. The second-order valence-corrected chi connectivity index (χ2v) is 5.50. The molecule has 0 radical (unpaired) electrons. The lowest BCUT2D eigenvalue weighted by atomic mass is 9.98. The molecule has 2 aliphatic carbocycles. The monoisotopic (exact) mass is 246 g/mol. The average Bonchev–Trinajstić information content (AvgIpc) is 3.26. The fraction of sp³-hybridized carbons (Fsp3) is 0.667. The number of ether oxygens (including phenoxy) is 1. The molecule has 3 nitrogen and oxygen atoms in total. The molecule has 2 aliphatic rings. The van der Waals surface area contributed by atoms with Gasteiger partial charge in [0.25, 0.3) is 0 Å². The first-order chi connectivity index (χ1) is 8.88. The first-order valence-electron chi connectivity index (χ1n) is 7.20. The Morgan fingerprint density at radius 1 is 1.33 bits per heavy atom. The summed E-state index contributed by atoms with van der Waals surface area (Å²) < 4.78 is 5.60. The van der Waals surface area contributed by atoms with Crippen LogP contribution in [-0.4, -0.2) is 18.1 Å². The highest BCUT2D eigenvalue weighted by molar-refractivity contribution is 5.49. The molecule has 2 saturated carbocycles. The van der Waals surface area contributed by atoms with Crippen LogP contribution in [0.25, 0.3) is 0 Å². The van der Waals surface area contributed by atoms with Gasteiger partial charge in [0, 0.05) is 12.7 Å². The standard InChI is InChI=1S/C15H22N2O/c1-2-18-14-4-3-9-16-15(14)17-10-13(11-5-6-11)12-7-8-12/h3-4,9,11-13H,2,5-8,10H2,1H3,(H,16,17). The SMILES string of the molecule is CCOc1cccnc1NCC(C1CC1)C1CC1. The van der Waals surface area contributed by atoms with Gasteiger partial charge in [0.15, 0.2) is 11.6 Å². The lowest BCUT2D eigenvalue weighted by molar-refractivity contribution is 0.340. The summed E-state index contributed by atoms with van der Waals surface area (Å²) in [7, 11) is 0. The van der Waals surface area contributed by atoms with Crippen LogP contribution in [0.2, 0.25) is 0 Å². The van der Waals surface area contributed by atoms with E-state index in [1.54, 1.807) is 0 Å². The number of rotatable bonds is 7. The van der Waals surface area contributed by atoms with E-state index in [-0.39, 0.29) is 0 Å². The molecule has 3 rings (SSSR count). The number of pyridine rings is 1. The lowest BCUT2D eigenvalue weighted by Crippen LogP contribution is -2.19. The van der Waals surface area contributed by atoms with Crippen LogP contribution in [0.15, 0.2) is 18.3 Å². The second kappa shape index (κ2) is 5.17. The molecule has 0 aliphatic heterocycles. The van der Waals surface area contributed by atoms with Crippen molar-refractivity contribution < 1.29 is 4.74 Å². The van der Waals surface area contributed by atoms with E-state index in [4.69, 9.17) is 4.74 Å². The predicted octanol–water partition coefficient (Wildman–Crippen LogP) is 3.33. The largest absolute Gasteiger partial charge is 0.490 e. The Labute approximate surface area is 109 Å². The van der Waals surface area contributed by atoms with Gasteiger partial charge in [0.2, 0.25) is 0 Å². The third kappa shape index (κ3) is 2.77. The number of nitrogens with zero attached hydrogens (tertiary/aromatic N) is 1. The molecule has 0 atom stereocenters. The highest BCUT2D eigenvalue weighted by Crippen LogP contribution is 2.49. The van der Waals surface area contributed by atoms with E-state index >= 15 is 0 Å². The van der Waals surface area contributed by atoms with E-state index in [2.05, 4.69) is 10.3 Å². The zero-order valence-corrected chi connectivity index (χ0v) is 11.1. The smallest absolute Gasteiger partial charge is 0.168 e. The van der Waals surface area contributed by atoms with E-state index in [9.17, 15) is 0 Å². The van der Waals surface area contributed by atoms with Crippen molar-refractivity contribution in [1.29, 1.82) is 0 Å². The zero-order valence-electron chi connectivity index (χ0n) is 11.1. The summed E-state index contributed by atoms with van der Waals surface area (Å²) in [5.41, 5.74) is 0. The molecule has 1 aromatic heterocycles. The maximum Gasteiger partial charge on any atom is 0.168 e. The Morgan fingerprint density at radius 2 is 2.06 bits per heavy atom. The number of hydrogen-bond acceptors (Lipinski definition) is 3. The summed E-state index contributed by atoms with van der Waals surface area (Å²) in [6.45, 7) is 3.76. The summed E-state index contributed by atoms with van der Waals surface area (Å²) in [6.07, 6.45) is 7.56. The molecule has 0 amide bonds. The van der Waals surface area contributed by atoms with Crippen LogP contribution in [0.4, 0.5) is 5.82 Å². The molecule has 1 N–H and O–H groups in total. The van der Waals surface area contributed by atoms with E-state index in [0.717, 1.165) is 35.9 Å². The second-order valence-electron chi connectivity index (χ2n) is 5.50. The first-order valence-corrected chi connectivity index (χ1v) is 7.20. The van der Waals surface area contributed by atoms with E-state index in [0.29, 0.717) is 6.61 Å². The Bertz CT molecular complexity index is 387. The van der Waals surface area contributed by atoms with Gasteiger partial charge < -0.3 is 10.1 Å². The zero-order chi connectivity index (χ0) is 12.4. The Hall–Kier alpha value is -1.25. The molecule has 0 spiro atoms. The van der Waals surface area contributed by atoms with Crippen molar-refractivity contribution in [3.05, 3.63) is 18.3 Å². The molecule has 3 heteroatoms. The molecular weight excluding hydrogens is 224 g/mol. The third-order valence-electron chi connectivity index (χ3n) is 4.03. The van der Waals surface area contributed by atoms with Crippen molar-refractivity contribution in [3.63, 3.8) is 0 Å². The third-order valence-corrected chi connectivity index (χ3v) is 4.03. The molecule has 98 valence electrons.